The molecule has 0 bridgehead atoms. The van der Waals surface area contributed by atoms with Gasteiger partial charge in [-0.2, -0.15) is 5.10 Å². The number of halogens is 1. The lowest BCUT2D eigenvalue weighted by Gasteiger charge is -2.13. The van der Waals surface area contributed by atoms with Crippen LogP contribution in [0.15, 0.2) is 58.5 Å². The van der Waals surface area contributed by atoms with Gasteiger partial charge >= 0.3 is 0 Å². The molecule has 2 aromatic carbocycles. The second-order valence-corrected chi connectivity index (χ2v) is 6.81. The predicted octanol–water partition coefficient (Wildman–Crippen LogP) is 2.99. The van der Waals surface area contributed by atoms with E-state index < -0.39 is 11.1 Å². The molecule has 0 radical (unpaired) electrons. The van der Waals surface area contributed by atoms with E-state index in [1.165, 1.54) is 0 Å². The molecule has 1 unspecified atom stereocenters. The van der Waals surface area contributed by atoms with Crippen LogP contribution >= 0.6 is 11.6 Å². The first-order chi connectivity index (χ1) is 11.7. The Morgan fingerprint density at radius 2 is 1.88 bits per heavy atom. The number of hydrogen-bond donors (Lipinski definition) is 1. The lowest BCUT2D eigenvalue weighted by atomic mass is 10.1. The van der Waals surface area contributed by atoms with Crippen LogP contribution in [0, 0.1) is 0 Å². The van der Waals surface area contributed by atoms with Crippen molar-refractivity contribution in [2.45, 2.75) is 11.3 Å². The first-order valence-corrected chi connectivity index (χ1v) is 8.99. The van der Waals surface area contributed by atoms with Crippen LogP contribution in [-0.2, 0) is 15.3 Å². The summed E-state index contributed by atoms with van der Waals surface area (Å²) in [5.41, 5.74) is 3.02. The van der Waals surface area contributed by atoms with Crippen molar-refractivity contribution in [1.29, 1.82) is 0 Å². The number of anilines is 1. The lowest BCUT2D eigenvalue weighted by molar-refractivity contribution is 0.213. The third kappa shape index (κ3) is 4.02. The molecular formula is C17H17ClN2O3S. The van der Waals surface area contributed by atoms with Gasteiger partial charge < -0.3 is 5.11 Å². The summed E-state index contributed by atoms with van der Waals surface area (Å²) in [4.78, 5) is 0.563. The van der Waals surface area contributed by atoms with Crippen molar-refractivity contribution < 1.29 is 13.5 Å². The number of nitrogens with zero attached hydrogens (tertiary/aromatic N) is 2. The van der Waals surface area contributed by atoms with E-state index in [1.807, 2.05) is 41.4 Å². The van der Waals surface area contributed by atoms with Gasteiger partial charge in [0.25, 0.3) is 0 Å². The molecule has 0 aromatic heterocycles. The third-order valence-electron chi connectivity index (χ3n) is 3.59. The summed E-state index contributed by atoms with van der Waals surface area (Å²) in [6.07, 6.45) is 0.856. The zero-order valence-corrected chi connectivity index (χ0v) is 14.5. The van der Waals surface area contributed by atoms with Crippen molar-refractivity contribution >= 4 is 34.1 Å². The average Bonchev–Trinajstić information content (AvgIpc) is 3.10. The number of hydrazone groups is 1. The quantitative estimate of drug-likeness (QED) is 0.856. The largest absolute Gasteiger partial charge is 0.394 e. The normalized spacial score (nSPS) is 15.4. The highest BCUT2D eigenvalue weighted by Crippen LogP contribution is 2.23. The van der Waals surface area contributed by atoms with Crippen molar-refractivity contribution in [2.75, 3.05) is 24.8 Å². The second kappa shape index (κ2) is 7.90. The van der Waals surface area contributed by atoms with Crippen molar-refractivity contribution in [3.63, 3.8) is 0 Å². The van der Waals surface area contributed by atoms with Crippen LogP contribution in [0.1, 0.15) is 12.0 Å². The van der Waals surface area contributed by atoms with Crippen LogP contribution in [0.3, 0.4) is 0 Å². The predicted molar refractivity (Wildman–Crippen MR) is 95.8 cm³/mol. The van der Waals surface area contributed by atoms with Gasteiger partial charge in [-0.05, 0) is 42.0 Å². The standard InChI is InChI=1S/C17H17ClN2O3S/c18-14-3-1-13(2-4-14)17-9-10-20(19-17)15-5-7-16(8-6-15)24(22)23-12-11-21/h1-8,21H,9-12H2. The van der Waals surface area contributed by atoms with Crippen molar-refractivity contribution in [3.05, 3.63) is 59.1 Å². The lowest BCUT2D eigenvalue weighted by Crippen LogP contribution is -2.11. The fourth-order valence-corrected chi connectivity index (χ4v) is 3.25. The molecule has 2 aromatic rings. The molecule has 3 rings (SSSR count). The number of aliphatic hydroxyl groups is 1. The van der Waals surface area contributed by atoms with E-state index in [0.717, 1.165) is 29.9 Å². The van der Waals surface area contributed by atoms with Crippen LogP contribution in [-0.4, -0.2) is 34.8 Å². The minimum atomic E-state index is -1.56. The Labute approximate surface area is 148 Å². The van der Waals surface area contributed by atoms with Crippen LogP contribution in [0.2, 0.25) is 5.02 Å². The number of hydrogen-bond acceptors (Lipinski definition) is 5. The van der Waals surface area contributed by atoms with Gasteiger partial charge in [0.1, 0.15) is 0 Å². The molecule has 1 atom stereocenters. The molecular weight excluding hydrogens is 348 g/mol. The molecule has 1 aliphatic rings. The summed E-state index contributed by atoms with van der Waals surface area (Å²) < 4.78 is 16.8. The van der Waals surface area contributed by atoms with E-state index in [9.17, 15) is 4.21 Å². The monoisotopic (exact) mass is 364 g/mol. The highest BCUT2D eigenvalue weighted by atomic mass is 35.5. The summed E-state index contributed by atoms with van der Waals surface area (Å²) in [6.45, 7) is 0.691. The summed E-state index contributed by atoms with van der Waals surface area (Å²) >= 11 is 4.36. The number of rotatable bonds is 6. The zero-order chi connectivity index (χ0) is 16.9. The maximum absolute atomic E-state index is 11.8. The summed E-state index contributed by atoms with van der Waals surface area (Å²) in [6, 6.07) is 14.9. The van der Waals surface area contributed by atoms with E-state index in [1.54, 1.807) is 12.1 Å². The summed E-state index contributed by atoms with van der Waals surface area (Å²) in [5.74, 6) is 0. The van der Waals surface area contributed by atoms with Gasteiger partial charge in [0.05, 0.1) is 29.5 Å². The highest BCUT2D eigenvalue weighted by Gasteiger charge is 2.17. The summed E-state index contributed by atoms with van der Waals surface area (Å²) in [5, 5.41) is 16.0. The van der Waals surface area contributed by atoms with E-state index in [2.05, 4.69) is 5.10 Å². The Kier molecular flexibility index (Phi) is 5.63. The molecule has 126 valence electrons. The third-order valence-corrected chi connectivity index (χ3v) is 4.88. The average molecular weight is 365 g/mol. The van der Waals surface area contributed by atoms with Gasteiger partial charge in [-0.15, -0.1) is 0 Å². The van der Waals surface area contributed by atoms with E-state index >= 15 is 0 Å². The molecule has 0 amide bonds. The molecule has 0 saturated carbocycles. The van der Waals surface area contributed by atoms with Crippen LogP contribution < -0.4 is 5.01 Å². The Balaban J connectivity index is 1.71. The van der Waals surface area contributed by atoms with Crippen LogP contribution in [0.25, 0.3) is 0 Å². The SMILES string of the molecule is O=S(OCCO)c1ccc(N2CCC(c3ccc(Cl)cc3)=N2)cc1. The first-order valence-electron chi connectivity index (χ1n) is 7.54. The number of aliphatic hydroxyl groups excluding tert-OH is 1. The Morgan fingerprint density at radius 3 is 2.54 bits per heavy atom. The molecule has 1 heterocycles. The molecule has 0 fully saturated rings. The van der Waals surface area contributed by atoms with Gasteiger partial charge in [0.2, 0.25) is 0 Å². The van der Waals surface area contributed by atoms with Gasteiger partial charge in [0, 0.05) is 18.0 Å². The Hall–Kier alpha value is -1.73. The van der Waals surface area contributed by atoms with E-state index in [4.69, 9.17) is 20.9 Å². The van der Waals surface area contributed by atoms with Gasteiger partial charge in [0.15, 0.2) is 11.1 Å². The van der Waals surface area contributed by atoms with Crippen molar-refractivity contribution in [2.24, 2.45) is 5.10 Å². The maximum Gasteiger partial charge on any atom is 0.189 e. The zero-order valence-electron chi connectivity index (χ0n) is 12.9. The van der Waals surface area contributed by atoms with Crippen LogP contribution in [0.5, 0.6) is 0 Å². The fraction of sp³-hybridized carbons (Fsp3) is 0.235. The first kappa shape index (κ1) is 17.1. The smallest absolute Gasteiger partial charge is 0.189 e. The molecule has 24 heavy (non-hydrogen) atoms. The Morgan fingerprint density at radius 1 is 1.17 bits per heavy atom. The molecule has 0 aliphatic carbocycles. The minimum Gasteiger partial charge on any atom is -0.394 e. The van der Waals surface area contributed by atoms with Gasteiger partial charge in [-0.1, -0.05) is 23.7 Å². The summed E-state index contributed by atoms with van der Waals surface area (Å²) in [7, 11) is 0. The number of benzene rings is 2. The Bertz CT molecular complexity index is 747. The van der Waals surface area contributed by atoms with Gasteiger partial charge in [-0.25, -0.2) is 4.21 Å². The van der Waals surface area contributed by atoms with E-state index in [0.29, 0.717) is 9.92 Å². The topological polar surface area (TPSA) is 62.1 Å². The van der Waals surface area contributed by atoms with Gasteiger partial charge in [-0.3, -0.25) is 9.19 Å². The van der Waals surface area contributed by atoms with Crippen LogP contribution in [0.4, 0.5) is 5.69 Å². The molecule has 0 spiro atoms. The minimum absolute atomic E-state index is 0.0508. The van der Waals surface area contributed by atoms with Crippen molar-refractivity contribution in [3.8, 4) is 0 Å². The maximum atomic E-state index is 11.8. The fourth-order valence-electron chi connectivity index (χ4n) is 2.40. The second-order valence-electron chi connectivity index (χ2n) is 5.20. The molecule has 7 heteroatoms. The highest BCUT2D eigenvalue weighted by molar-refractivity contribution is 7.80. The van der Waals surface area contributed by atoms with Crippen molar-refractivity contribution in [1.82, 2.24) is 0 Å². The van der Waals surface area contributed by atoms with E-state index in [-0.39, 0.29) is 13.2 Å². The molecule has 1 N–H and O–H groups in total. The molecule has 1 aliphatic heterocycles. The molecule has 0 saturated heterocycles. The molecule has 5 nitrogen and oxygen atoms in total.